The number of hydrogen-bond donors (Lipinski definition) is 0. The number of halogens is 1. The third-order valence-electron chi connectivity index (χ3n) is 1.72. The molecule has 0 saturated carbocycles. The Bertz CT molecular complexity index is 205. The highest BCUT2D eigenvalue weighted by Gasteiger charge is 1.94. The molecule has 1 aromatic carbocycles. The number of aryl methyl sites for hydroxylation is 1. The SMILES string of the molecule is CCCc1cc[c]([Mg][Br])cc1. The summed E-state index contributed by atoms with van der Waals surface area (Å²) in [4.78, 5) is 0. The molecule has 0 heterocycles. The summed E-state index contributed by atoms with van der Waals surface area (Å²) < 4.78 is 1.49. The summed E-state index contributed by atoms with van der Waals surface area (Å²) in [5.74, 6) is 0. The van der Waals surface area contributed by atoms with Gasteiger partial charge >= 0.3 is 18.2 Å². The maximum absolute atomic E-state index is 3.56. The van der Waals surface area contributed by atoms with Crippen molar-refractivity contribution in [1.82, 2.24) is 0 Å². The van der Waals surface area contributed by atoms with Crippen LogP contribution in [0.4, 0.5) is 0 Å². The molecule has 0 aliphatic heterocycles. The molecule has 0 spiro atoms. The average Bonchev–Trinajstić information content (AvgIpc) is 2.07. The van der Waals surface area contributed by atoms with Crippen molar-refractivity contribution in [2.75, 3.05) is 0 Å². The van der Waals surface area contributed by atoms with Gasteiger partial charge in [0.15, 0.2) is 0 Å². The highest BCUT2D eigenvalue weighted by atomic mass is 79.9. The van der Waals surface area contributed by atoms with E-state index in [0.29, 0.717) is 0 Å². The highest BCUT2D eigenvalue weighted by Crippen LogP contribution is 2.00. The van der Waals surface area contributed by atoms with Gasteiger partial charge in [-0.15, -0.1) is 0 Å². The van der Waals surface area contributed by atoms with Crippen molar-refractivity contribution in [2.24, 2.45) is 0 Å². The minimum Gasteiger partial charge on any atom is -0.296 e. The Balaban J connectivity index is 2.66. The third kappa shape index (κ3) is 3.14. The van der Waals surface area contributed by atoms with Gasteiger partial charge in [-0.05, 0) is 12.0 Å². The second-order valence-electron chi connectivity index (χ2n) is 2.70. The largest absolute Gasteiger partial charge is 0.506 e. The van der Waals surface area contributed by atoms with Crippen molar-refractivity contribution < 1.29 is 0 Å². The lowest BCUT2D eigenvalue weighted by Crippen LogP contribution is -2.06. The van der Waals surface area contributed by atoms with Gasteiger partial charge < -0.3 is 0 Å². The lowest BCUT2D eigenvalue weighted by atomic mass is 10.1. The van der Waals surface area contributed by atoms with E-state index in [1.807, 2.05) is 0 Å². The Morgan fingerprint density at radius 2 is 1.91 bits per heavy atom. The van der Waals surface area contributed by atoms with Gasteiger partial charge in [-0.2, -0.15) is 3.69 Å². The Morgan fingerprint density at radius 3 is 2.36 bits per heavy atom. The van der Waals surface area contributed by atoms with E-state index in [1.54, 1.807) is 0 Å². The molecule has 0 aliphatic rings. The monoisotopic (exact) mass is 222 g/mol. The summed E-state index contributed by atoms with van der Waals surface area (Å²) in [5.41, 5.74) is 1.46. The summed E-state index contributed by atoms with van der Waals surface area (Å²) in [5, 5.41) is 0. The van der Waals surface area contributed by atoms with E-state index in [0.717, 1.165) is 0 Å². The van der Waals surface area contributed by atoms with Gasteiger partial charge in [0.05, 0.1) is 0 Å². The molecule has 11 heavy (non-hydrogen) atoms. The van der Waals surface area contributed by atoms with Crippen LogP contribution in [-0.2, 0) is 6.42 Å². The molecule has 0 N–H and O–H groups in total. The zero-order valence-electron chi connectivity index (χ0n) is 6.81. The van der Waals surface area contributed by atoms with Gasteiger partial charge in [-0.25, -0.2) is 0 Å². The first kappa shape index (κ1) is 9.55. The molecular weight excluding hydrogens is 212 g/mol. The fourth-order valence-corrected chi connectivity index (χ4v) is 2.62. The molecule has 0 nitrogen and oxygen atoms in total. The van der Waals surface area contributed by atoms with Crippen molar-refractivity contribution in [2.45, 2.75) is 19.8 Å². The molecule has 56 valence electrons. The molecule has 0 unspecified atom stereocenters. The molecule has 0 radical (unpaired) electrons. The van der Waals surface area contributed by atoms with Gasteiger partial charge in [0.1, 0.15) is 0 Å². The molecule has 0 fully saturated rings. The summed E-state index contributed by atoms with van der Waals surface area (Å²) in [7, 11) is 0. The predicted octanol–water partition coefficient (Wildman–Crippen LogP) is 2.28. The van der Waals surface area contributed by atoms with Crippen LogP contribution in [0.5, 0.6) is 0 Å². The van der Waals surface area contributed by atoms with Crippen LogP contribution < -0.4 is 3.69 Å². The number of benzene rings is 1. The Labute approximate surface area is 84.0 Å². The number of rotatable bonds is 3. The minimum atomic E-state index is -0.126. The minimum absolute atomic E-state index is 0.126. The molecule has 1 rings (SSSR count). The van der Waals surface area contributed by atoms with Crippen LogP contribution >= 0.6 is 12.9 Å². The fourth-order valence-electron chi connectivity index (χ4n) is 1.08. The van der Waals surface area contributed by atoms with E-state index in [-0.39, 0.29) is 18.2 Å². The summed E-state index contributed by atoms with van der Waals surface area (Å²) in [6.45, 7) is 2.22. The van der Waals surface area contributed by atoms with Crippen LogP contribution in [0.1, 0.15) is 18.9 Å². The van der Waals surface area contributed by atoms with Crippen molar-refractivity contribution in [3.63, 3.8) is 0 Å². The van der Waals surface area contributed by atoms with Crippen LogP contribution in [-0.4, -0.2) is 18.2 Å². The molecule has 0 saturated heterocycles. The van der Waals surface area contributed by atoms with E-state index in [4.69, 9.17) is 0 Å². The van der Waals surface area contributed by atoms with E-state index < -0.39 is 0 Å². The fraction of sp³-hybridized carbons (Fsp3) is 0.333. The van der Waals surface area contributed by atoms with E-state index in [1.165, 1.54) is 22.1 Å². The molecule has 2 heteroatoms. The zero-order chi connectivity index (χ0) is 8.10. The average molecular weight is 223 g/mol. The Kier molecular flexibility index (Phi) is 4.49. The normalized spacial score (nSPS) is 9.27. The molecule has 0 bridgehead atoms. The third-order valence-corrected chi connectivity index (χ3v) is 4.44. The second kappa shape index (κ2) is 5.17. The second-order valence-corrected chi connectivity index (χ2v) is 5.47. The Hall–Kier alpha value is 0.466. The van der Waals surface area contributed by atoms with Gasteiger partial charge in [0.25, 0.3) is 0 Å². The zero-order valence-corrected chi connectivity index (χ0v) is 9.81. The number of hydrogen-bond acceptors (Lipinski definition) is 0. The molecule has 0 amide bonds. The van der Waals surface area contributed by atoms with Crippen LogP contribution in [0.25, 0.3) is 0 Å². The van der Waals surface area contributed by atoms with Gasteiger partial charge in [-0.3, -0.25) is 12.9 Å². The van der Waals surface area contributed by atoms with Crippen LogP contribution in [0, 0.1) is 0 Å². The first-order chi connectivity index (χ1) is 5.36. The smallest absolute Gasteiger partial charge is 0.296 e. The summed E-state index contributed by atoms with van der Waals surface area (Å²) in [6, 6.07) is 8.97. The summed E-state index contributed by atoms with van der Waals surface area (Å²) in [6.07, 6.45) is 2.45. The van der Waals surface area contributed by atoms with Crippen molar-refractivity contribution in [3.8, 4) is 0 Å². The summed E-state index contributed by atoms with van der Waals surface area (Å²) >= 11 is 3.43. The van der Waals surface area contributed by atoms with E-state index >= 15 is 0 Å². The first-order valence-corrected chi connectivity index (χ1v) is 8.61. The maximum Gasteiger partial charge on any atom is 0.506 e. The highest BCUT2D eigenvalue weighted by molar-refractivity contribution is 9.23. The molecule has 0 atom stereocenters. The van der Waals surface area contributed by atoms with Crippen molar-refractivity contribution in [1.29, 1.82) is 0 Å². The lowest BCUT2D eigenvalue weighted by molar-refractivity contribution is 0.922. The Morgan fingerprint density at radius 1 is 1.27 bits per heavy atom. The predicted molar refractivity (Wildman–Crippen MR) is 54.8 cm³/mol. The van der Waals surface area contributed by atoms with Crippen molar-refractivity contribution in [3.05, 3.63) is 29.8 Å². The molecule has 1 aromatic rings. The standard InChI is InChI=1S/C9H11.BrH.Mg/c1-2-6-9-7-4-3-5-8-9;;/h4-5,7-8H,2,6H2,1H3;1H;/q;;+1/p-1. The van der Waals surface area contributed by atoms with Gasteiger partial charge in [0.2, 0.25) is 0 Å². The van der Waals surface area contributed by atoms with Crippen LogP contribution in [0.3, 0.4) is 0 Å². The topological polar surface area (TPSA) is 0 Å². The van der Waals surface area contributed by atoms with Crippen LogP contribution in [0.15, 0.2) is 24.3 Å². The molecule has 0 aromatic heterocycles. The molecule has 0 aliphatic carbocycles. The first-order valence-electron chi connectivity index (χ1n) is 4.00. The molecular formula is C9H11BrMg. The quantitative estimate of drug-likeness (QED) is 0.690. The maximum atomic E-state index is 3.56. The van der Waals surface area contributed by atoms with Crippen LogP contribution in [0.2, 0.25) is 0 Å². The van der Waals surface area contributed by atoms with Gasteiger partial charge in [0, 0.05) is 0 Å². The lowest BCUT2D eigenvalue weighted by Gasteiger charge is -1.99. The van der Waals surface area contributed by atoms with Gasteiger partial charge in [-0.1, -0.05) is 37.6 Å². The van der Waals surface area contributed by atoms with E-state index in [9.17, 15) is 0 Å². The van der Waals surface area contributed by atoms with E-state index in [2.05, 4.69) is 44.1 Å². The van der Waals surface area contributed by atoms with Crippen molar-refractivity contribution >= 4 is 34.8 Å².